The number of carbonyl (C=O) groups excluding carboxylic acids is 3. The first-order valence-electron chi connectivity index (χ1n) is 13.5. The molecule has 12 nitrogen and oxygen atoms in total. The number of ether oxygens (including phenoxy) is 6. The molecule has 3 unspecified atom stereocenters. The highest BCUT2D eigenvalue weighted by Gasteiger charge is 2.36. The van der Waals surface area contributed by atoms with Gasteiger partial charge < -0.3 is 39.3 Å². The molecule has 1 aromatic rings. The molecule has 224 valence electrons. The quantitative estimate of drug-likeness (QED) is 0.195. The summed E-state index contributed by atoms with van der Waals surface area (Å²) in [5, 5.41) is 9.77. The van der Waals surface area contributed by atoms with Crippen LogP contribution >= 0.6 is 0 Å². The Hall–Kier alpha value is -3.54. The van der Waals surface area contributed by atoms with E-state index in [0.717, 1.165) is 32.1 Å². The summed E-state index contributed by atoms with van der Waals surface area (Å²) in [6.45, 7) is 9.82. The average molecular weight is 568 g/mol. The third-order valence-electron chi connectivity index (χ3n) is 6.48. The van der Waals surface area contributed by atoms with Crippen molar-refractivity contribution in [2.24, 2.45) is 11.7 Å². The second kappa shape index (κ2) is 15.3. The van der Waals surface area contributed by atoms with E-state index in [1.54, 1.807) is 41.5 Å². The fourth-order valence-corrected chi connectivity index (χ4v) is 4.40. The fourth-order valence-electron chi connectivity index (χ4n) is 4.40. The van der Waals surface area contributed by atoms with E-state index in [-0.39, 0.29) is 17.6 Å². The van der Waals surface area contributed by atoms with E-state index in [2.05, 4.69) is 0 Å². The lowest BCUT2D eigenvalue weighted by Crippen LogP contribution is -2.43. The molecule has 40 heavy (non-hydrogen) atoms. The Bertz CT molecular complexity index is 1020. The highest BCUT2D eigenvalue weighted by Crippen LogP contribution is 2.37. The van der Waals surface area contributed by atoms with Crippen molar-refractivity contribution in [3.05, 3.63) is 23.8 Å². The minimum Gasteiger partial charge on any atom is -0.480 e. The predicted molar refractivity (Wildman–Crippen MR) is 142 cm³/mol. The molecule has 0 heterocycles. The maximum atomic E-state index is 12.5. The number of hydrogen-bond acceptors (Lipinski definition) is 11. The van der Waals surface area contributed by atoms with Crippen molar-refractivity contribution in [2.75, 3.05) is 0 Å². The van der Waals surface area contributed by atoms with Crippen LogP contribution < -0.4 is 15.2 Å². The number of aliphatic carboxylic acids is 1. The third-order valence-corrected chi connectivity index (χ3v) is 6.48. The molecule has 4 atom stereocenters. The molecule has 1 fully saturated rings. The van der Waals surface area contributed by atoms with Crippen LogP contribution in [0.3, 0.4) is 0 Å². The smallest absolute Gasteiger partial charge is 0.480 e. The second-order valence-electron chi connectivity index (χ2n) is 10.4. The van der Waals surface area contributed by atoms with E-state index in [4.69, 9.17) is 34.2 Å². The van der Waals surface area contributed by atoms with Crippen LogP contribution in [-0.2, 0) is 23.7 Å². The van der Waals surface area contributed by atoms with E-state index < -0.39 is 60.6 Å². The van der Waals surface area contributed by atoms with E-state index in [1.807, 2.05) is 0 Å². The topological polar surface area (TPSA) is 170 Å². The van der Waals surface area contributed by atoms with Crippen LogP contribution in [0.5, 0.6) is 11.5 Å². The van der Waals surface area contributed by atoms with E-state index in [1.165, 1.54) is 18.2 Å². The zero-order valence-corrected chi connectivity index (χ0v) is 23.9. The van der Waals surface area contributed by atoms with E-state index in [0.29, 0.717) is 5.56 Å². The summed E-state index contributed by atoms with van der Waals surface area (Å²) in [4.78, 5) is 48.8. The van der Waals surface area contributed by atoms with Crippen LogP contribution in [0.4, 0.5) is 14.4 Å². The van der Waals surface area contributed by atoms with E-state index in [9.17, 15) is 24.3 Å². The largest absolute Gasteiger partial charge is 0.514 e. The Kier molecular flexibility index (Phi) is 12.5. The lowest BCUT2D eigenvalue weighted by Gasteiger charge is -2.32. The molecule has 0 aromatic heterocycles. The van der Waals surface area contributed by atoms with Crippen LogP contribution in [0.1, 0.15) is 85.1 Å². The van der Waals surface area contributed by atoms with Gasteiger partial charge in [0.1, 0.15) is 18.2 Å². The lowest BCUT2D eigenvalue weighted by atomic mass is 9.79. The minimum absolute atomic E-state index is 0.161. The summed E-state index contributed by atoms with van der Waals surface area (Å²) in [5.74, 6) is -3.22. The summed E-state index contributed by atoms with van der Waals surface area (Å²) >= 11 is 0. The highest BCUT2D eigenvalue weighted by atomic mass is 16.8. The number of nitrogens with two attached hydrogens (primary N) is 1. The van der Waals surface area contributed by atoms with Gasteiger partial charge in [0.25, 0.3) is 0 Å². The van der Waals surface area contributed by atoms with Gasteiger partial charge >= 0.3 is 24.4 Å². The van der Waals surface area contributed by atoms with Crippen molar-refractivity contribution in [1.82, 2.24) is 0 Å². The average Bonchev–Trinajstić information content (AvgIpc) is 2.84. The second-order valence-corrected chi connectivity index (χ2v) is 10.4. The van der Waals surface area contributed by atoms with Gasteiger partial charge in [-0.05, 0) is 78.0 Å². The molecule has 0 amide bonds. The van der Waals surface area contributed by atoms with Crippen LogP contribution in [-0.4, -0.2) is 60.0 Å². The molecule has 1 aromatic carbocycles. The van der Waals surface area contributed by atoms with Gasteiger partial charge in [0.2, 0.25) is 0 Å². The molecular formula is C28H41NO11. The molecule has 0 saturated heterocycles. The van der Waals surface area contributed by atoms with Gasteiger partial charge in [-0.2, -0.15) is 0 Å². The molecule has 12 heteroatoms. The standard InChI is InChI=1S/C28H41NO11/c1-15(2)35-26(32)39-21-13-12-19(14-22(21)40-27(33)36-16(3)4)23(24(29)25(30)31)17(5)18(6)37-28(34)38-20-10-8-7-9-11-20/h12-18,20,23-24H,7-11,29H2,1-6H3,(H,30,31)/t17?,18?,23?,24-/m0/s1. The zero-order valence-electron chi connectivity index (χ0n) is 23.9. The molecule has 3 N–H and O–H groups in total. The molecule has 0 radical (unpaired) electrons. The molecule has 1 aliphatic carbocycles. The first kappa shape index (κ1) is 32.7. The Morgan fingerprint density at radius 1 is 0.800 bits per heavy atom. The molecule has 0 spiro atoms. The monoisotopic (exact) mass is 567 g/mol. The highest BCUT2D eigenvalue weighted by molar-refractivity contribution is 5.75. The van der Waals surface area contributed by atoms with Crippen molar-refractivity contribution in [2.45, 2.75) is 110 Å². The normalized spacial score (nSPS) is 16.8. The molecule has 0 bridgehead atoms. The number of hydrogen-bond donors (Lipinski definition) is 2. The van der Waals surface area contributed by atoms with Crippen LogP contribution in [0.15, 0.2) is 18.2 Å². The maximum absolute atomic E-state index is 12.5. The molecule has 1 aliphatic rings. The van der Waals surface area contributed by atoms with Crippen molar-refractivity contribution < 1.29 is 52.7 Å². The fraction of sp³-hybridized carbons (Fsp3) is 0.643. The lowest BCUT2D eigenvalue weighted by molar-refractivity contribution is -0.139. The molecule has 2 rings (SSSR count). The van der Waals surface area contributed by atoms with Gasteiger partial charge in [0.15, 0.2) is 11.5 Å². The predicted octanol–water partition coefficient (Wildman–Crippen LogP) is 5.54. The molecule has 1 saturated carbocycles. The van der Waals surface area contributed by atoms with Crippen molar-refractivity contribution in [3.8, 4) is 11.5 Å². The first-order valence-corrected chi connectivity index (χ1v) is 13.5. The third kappa shape index (κ3) is 10.2. The van der Waals surface area contributed by atoms with Gasteiger partial charge in [-0.15, -0.1) is 0 Å². The van der Waals surface area contributed by atoms with Gasteiger partial charge in [0.05, 0.1) is 12.2 Å². The number of carboxylic acid groups (broad SMARTS) is 1. The van der Waals surface area contributed by atoms with Crippen LogP contribution in [0.2, 0.25) is 0 Å². The minimum atomic E-state index is -1.43. The Morgan fingerprint density at radius 3 is 1.88 bits per heavy atom. The van der Waals surface area contributed by atoms with Gasteiger partial charge in [0, 0.05) is 11.8 Å². The van der Waals surface area contributed by atoms with Gasteiger partial charge in [-0.25, -0.2) is 14.4 Å². The number of rotatable bonds is 11. The molecular weight excluding hydrogens is 526 g/mol. The van der Waals surface area contributed by atoms with Crippen LogP contribution in [0, 0.1) is 5.92 Å². The Labute approximate surface area is 234 Å². The summed E-state index contributed by atoms with van der Waals surface area (Å²) in [5.41, 5.74) is 6.42. The summed E-state index contributed by atoms with van der Waals surface area (Å²) in [6.07, 6.45) is -0.300. The van der Waals surface area contributed by atoms with Gasteiger partial charge in [-0.3, -0.25) is 4.79 Å². The van der Waals surface area contributed by atoms with Crippen LogP contribution in [0.25, 0.3) is 0 Å². The van der Waals surface area contributed by atoms with Crippen molar-refractivity contribution in [3.63, 3.8) is 0 Å². The SMILES string of the molecule is CC(C)OC(=O)Oc1ccc(C(C(C)C(C)OC(=O)OC2CCCCC2)[C@H](N)C(=O)O)cc1OC(=O)OC(C)C. The van der Waals surface area contributed by atoms with Gasteiger partial charge in [-0.1, -0.05) is 19.4 Å². The van der Waals surface area contributed by atoms with Crippen molar-refractivity contribution in [1.29, 1.82) is 0 Å². The van der Waals surface area contributed by atoms with Crippen molar-refractivity contribution >= 4 is 24.4 Å². The summed E-state index contributed by atoms with van der Waals surface area (Å²) in [7, 11) is 0. The molecule has 0 aliphatic heterocycles. The first-order chi connectivity index (χ1) is 18.8. The maximum Gasteiger partial charge on any atom is 0.514 e. The number of carbonyl (C=O) groups is 4. The summed E-state index contributed by atoms with van der Waals surface area (Å²) < 4.78 is 31.5. The Balaban J connectivity index is 2.35. The number of benzene rings is 1. The zero-order chi connectivity index (χ0) is 30.0. The summed E-state index contributed by atoms with van der Waals surface area (Å²) in [6, 6.07) is 2.71. The number of carboxylic acids is 1. The Morgan fingerprint density at radius 2 is 1.35 bits per heavy atom. The van der Waals surface area contributed by atoms with E-state index >= 15 is 0 Å².